The van der Waals surface area contributed by atoms with E-state index in [0.717, 1.165) is 17.8 Å². The molecule has 0 bridgehead atoms. The van der Waals surface area contributed by atoms with Gasteiger partial charge in [-0.3, -0.25) is 4.79 Å². The molecule has 1 aromatic heterocycles. The lowest BCUT2D eigenvalue weighted by atomic mass is 10.1. The molecule has 2 atom stereocenters. The lowest BCUT2D eigenvalue weighted by molar-refractivity contribution is -0.122. The van der Waals surface area contributed by atoms with Crippen molar-refractivity contribution in [3.63, 3.8) is 0 Å². The van der Waals surface area contributed by atoms with Crippen LogP contribution in [0.15, 0.2) is 30.3 Å². The number of anilines is 1. The quantitative estimate of drug-likeness (QED) is 0.797. The molecule has 0 aliphatic heterocycles. The fraction of sp³-hybridized carbons (Fsp3) is 0.353. The van der Waals surface area contributed by atoms with Crippen molar-refractivity contribution in [2.24, 2.45) is 5.92 Å². The summed E-state index contributed by atoms with van der Waals surface area (Å²) in [4.78, 5) is 12.1. The molecular formula is C17H18F2N4O. The van der Waals surface area contributed by atoms with E-state index in [2.05, 4.69) is 20.8 Å². The van der Waals surface area contributed by atoms with Crippen molar-refractivity contribution in [1.29, 1.82) is 0 Å². The van der Waals surface area contributed by atoms with E-state index in [1.807, 2.05) is 19.1 Å². The van der Waals surface area contributed by atoms with E-state index in [1.165, 1.54) is 6.07 Å². The third kappa shape index (κ3) is 3.84. The highest BCUT2D eigenvalue weighted by molar-refractivity contribution is 5.82. The van der Waals surface area contributed by atoms with Crippen molar-refractivity contribution in [3.05, 3.63) is 53.2 Å². The van der Waals surface area contributed by atoms with Gasteiger partial charge in [0.25, 0.3) is 0 Å². The molecule has 7 heteroatoms. The number of hydrogen-bond acceptors (Lipinski definition) is 4. The molecule has 0 spiro atoms. The predicted octanol–water partition coefficient (Wildman–Crippen LogP) is 2.40. The van der Waals surface area contributed by atoms with Gasteiger partial charge in [-0.15, -0.1) is 5.10 Å². The Morgan fingerprint density at radius 3 is 2.79 bits per heavy atom. The average Bonchev–Trinajstić information content (AvgIpc) is 3.36. The van der Waals surface area contributed by atoms with Crippen molar-refractivity contribution < 1.29 is 13.6 Å². The van der Waals surface area contributed by atoms with E-state index in [4.69, 9.17) is 0 Å². The summed E-state index contributed by atoms with van der Waals surface area (Å²) in [7, 11) is 0. The van der Waals surface area contributed by atoms with Crippen LogP contribution in [0, 0.1) is 24.5 Å². The lowest BCUT2D eigenvalue weighted by Gasteiger charge is -2.07. The summed E-state index contributed by atoms with van der Waals surface area (Å²) in [5, 5.41) is 13.7. The average molecular weight is 332 g/mol. The van der Waals surface area contributed by atoms with Gasteiger partial charge in [0.1, 0.15) is 17.5 Å². The number of nitrogens with one attached hydrogen (secondary N) is 2. The van der Waals surface area contributed by atoms with E-state index in [1.54, 1.807) is 0 Å². The Labute approximate surface area is 138 Å². The highest BCUT2D eigenvalue weighted by atomic mass is 19.1. The minimum Gasteiger partial charge on any atom is -0.367 e. The van der Waals surface area contributed by atoms with Crippen LogP contribution in [0.1, 0.15) is 23.6 Å². The third-order valence-corrected chi connectivity index (χ3v) is 4.01. The Bertz CT molecular complexity index is 736. The van der Waals surface area contributed by atoms with Crippen molar-refractivity contribution in [3.8, 4) is 0 Å². The van der Waals surface area contributed by atoms with E-state index in [9.17, 15) is 13.6 Å². The van der Waals surface area contributed by atoms with Crippen LogP contribution in [-0.2, 0) is 4.79 Å². The molecule has 3 rings (SSSR count). The maximum atomic E-state index is 13.7. The first-order valence-electron chi connectivity index (χ1n) is 7.81. The number of carbonyl (C=O) groups is 1. The number of nitrogens with zero attached hydrogens (tertiary/aromatic N) is 2. The second-order valence-electron chi connectivity index (χ2n) is 5.89. The van der Waals surface area contributed by atoms with Crippen LogP contribution in [-0.4, -0.2) is 29.2 Å². The summed E-state index contributed by atoms with van der Waals surface area (Å²) in [6.45, 7) is 2.78. The normalized spacial score (nSPS) is 19.0. The molecule has 1 aliphatic rings. The zero-order valence-corrected chi connectivity index (χ0v) is 13.2. The molecule has 2 N–H and O–H groups in total. The molecule has 2 aromatic rings. The second-order valence-corrected chi connectivity index (χ2v) is 5.89. The lowest BCUT2D eigenvalue weighted by Crippen LogP contribution is -2.30. The molecule has 1 heterocycles. The monoisotopic (exact) mass is 332 g/mol. The molecule has 1 fully saturated rings. The Hall–Kier alpha value is -2.57. The number of benzene rings is 1. The van der Waals surface area contributed by atoms with Crippen LogP contribution in [0.2, 0.25) is 0 Å². The van der Waals surface area contributed by atoms with Gasteiger partial charge in [-0.05, 0) is 55.2 Å². The Morgan fingerprint density at radius 1 is 1.21 bits per heavy atom. The van der Waals surface area contributed by atoms with Crippen molar-refractivity contribution >= 4 is 11.7 Å². The number of carbonyl (C=O) groups excluding carboxylic acids is 1. The van der Waals surface area contributed by atoms with E-state index >= 15 is 0 Å². The number of halogens is 2. The van der Waals surface area contributed by atoms with E-state index in [-0.39, 0.29) is 23.3 Å². The predicted molar refractivity (Wildman–Crippen MR) is 85.5 cm³/mol. The summed E-state index contributed by atoms with van der Waals surface area (Å²) >= 11 is 0. The largest absolute Gasteiger partial charge is 0.367 e. The van der Waals surface area contributed by atoms with Gasteiger partial charge in [0.05, 0.1) is 5.69 Å². The van der Waals surface area contributed by atoms with Gasteiger partial charge in [-0.1, -0.05) is 0 Å². The summed E-state index contributed by atoms with van der Waals surface area (Å²) in [6, 6.07) is 7.01. The molecule has 2 unspecified atom stereocenters. The van der Waals surface area contributed by atoms with Crippen LogP contribution >= 0.6 is 0 Å². The van der Waals surface area contributed by atoms with Gasteiger partial charge in [-0.2, -0.15) is 5.10 Å². The minimum absolute atomic E-state index is 0.138. The van der Waals surface area contributed by atoms with Crippen LogP contribution in [0.4, 0.5) is 14.6 Å². The number of aromatic nitrogens is 2. The standard InChI is InChI=1S/C17H18F2N4O/c1-10-2-5-16(23-22-10)20-6-7-21-17(24)14-9-12(14)13-8-11(18)3-4-15(13)19/h2-5,8,12,14H,6-7,9H2,1H3,(H,20,23)(H,21,24). The summed E-state index contributed by atoms with van der Waals surface area (Å²) < 4.78 is 26.9. The molecular weight excluding hydrogens is 314 g/mol. The fourth-order valence-corrected chi connectivity index (χ4v) is 2.63. The molecule has 0 saturated heterocycles. The van der Waals surface area contributed by atoms with Crippen LogP contribution in [0.25, 0.3) is 0 Å². The van der Waals surface area contributed by atoms with Gasteiger partial charge in [0, 0.05) is 19.0 Å². The maximum absolute atomic E-state index is 13.7. The first-order valence-corrected chi connectivity index (χ1v) is 7.81. The number of rotatable bonds is 6. The summed E-state index contributed by atoms with van der Waals surface area (Å²) in [5.74, 6) is -0.976. The van der Waals surface area contributed by atoms with E-state index in [0.29, 0.717) is 25.3 Å². The van der Waals surface area contributed by atoms with Gasteiger partial charge in [-0.25, -0.2) is 8.78 Å². The van der Waals surface area contributed by atoms with Gasteiger partial charge in [0.15, 0.2) is 0 Å². The number of amides is 1. The third-order valence-electron chi connectivity index (χ3n) is 4.01. The summed E-state index contributed by atoms with van der Waals surface area (Å²) in [5.41, 5.74) is 1.11. The topological polar surface area (TPSA) is 66.9 Å². The number of hydrogen-bond donors (Lipinski definition) is 2. The number of aryl methyl sites for hydroxylation is 1. The smallest absolute Gasteiger partial charge is 0.223 e. The first kappa shape index (κ1) is 16.3. The van der Waals surface area contributed by atoms with Crippen LogP contribution < -0.4 is 10.6 Å². The summed E-state index contributed by atoms with van der Waals surface area (Å²) in [6.07, 6.45) is 0.545. The van der Waals surface area contributed by atoms with Gasteiger partial charge in [0.2, 0.25) is 5.91 Å². The first-order chi connectivity index (χ1) is 11.5. The van der Waals surface area contributed by atoms with Crippen LogP contribution in [0.3, 0.4) is 0 Å². The van der Waals surface area contributed by atoms with Gasteiger partial charge >= 0.3 is 0 Å². The molecule has 1 saturated carbocycles. The Balaban J connectivity index is 1.43. The minimum atomic E-state index is -0.485. The molecule has 1 aromatic carbocycles. The maximum Gasteiger partial charge on any atom is 0.223 e. The fourth-order valence-electron chi connectivity index (χ4n) is 2.63. The SMILES string of the molecule is Cc1ccc(NCCNC(=O)C2CC2c2cc(F)ccc2F)nn1. The zero-order chi connectivity index (χ0) is 17.1. The Kier molecular flexibility index (Phi) is 4.69. The molecule has 1 amide bonds. The molecule has 126 valence electrons. The van der Waals surface area contributed by atoms with Crippen molar-refractivity contribution in [1.82, 2.24) is 15.5 Å². The zero-order valence-electron chi connectivity index (χ0n) is 13.2. The van der Waals surface area contributed by atoms with Crippen molar-refractivity contribution in [2.75, 3.05) is 18.4 Å². The molecule has 1 aliphatic carbocycles. The highest BCUT2D eigenvalue weighted by Gasteiger charge is 2.45. The molecule has 5 nitrogen and oxygen atoms in total. The second kappa shape index (κ2) is 6.90. The van der Waals surface area contributed by atoms with E-state index < -0.39 is 11.6 Å². The van der Waals surface area contributed by atoms with Gasteiger partial charge < -0.3 is 10.6 Å². The highest BCUT2D eigenvalue weighted by Crippen LogP contribution is 2.48. The molecule has 0 radical (unpaired) electrons. The van der Waals surface area contributed by atoms with Crippen molar-refractivity contribution in [2.45, 2.75) is 19.3 Å². The van der Waals surface area contributed by atoms with Crippen LogP contribution in [0.5, 0.6) is 0 Å². The Morgan fingerprint density at radius 2 is 2.04 bits per heavy atom. The molecule has 24 heavy (non-hydrogen) atoms.